The molecular weight excluding hydrogens is 496 g/mol. The molecule has 1 aliphatic heterocycles. The molecule has 7 nitrogen and oxygen atoms in total. The maximum atomic E-state index is 13.5. The van der Waals surface area contributed by atoms with Crippen LogP contribution < -0.4 is 0 Å². The third-order valence-corrected chi connectivity index (χ3v) is 8.31. The Morgan fingerprint density at radius 1 is 1.27 bits per heavy atom. The Hall–Kier alpha value is -3.55. The van der Waals surface area contributed by atoms with E-state index in [2.05, 4.69) is 59.6 Å². The molecule has 2 aliphatic carbocycles. The van der Waals surface area contributed by atoms with Gasteiger partial charge in [-0.25, -0.2) is 4.98 Å². The summed E-state index contributed by atoms with van der Waals surface area (Å²) in [6.07, 6.45) is 21.1. The van der Waals surface area contributed by atoms with E-state index >= 15 is 0 Å². The monoisotopic (exact) mass is 538 g/mol. The second-order valence-electron chi connectivity index (χ2n) is 11.0. The minimum absolute atomic E-state index is 0.0957. The van der Waals surface area contributed by atoms with Gasteiger partial charge < -0.3 is 9.88 Å². The number of aromatic nitrogens is 3. The molecule has 0 spiro atoms. The number of amides is 1. The van der Waals surface area contributed by atoms with Gasteiger partial charge in [-0.3, -0.25) is 19.6 Å². The van der Waals surface area contributed by atoms with E-state index in [0.717, 1.165) is 87.7 Å². The van der Waals surface area contributed by atoms with E-state index in [9.17, 15) is 4.79 Å². The molecule has 1 unspecified atom stereocenters. The van der Waals surface area contributed by atoms with Gasteiger partial charge >= 0.3 is 0 Å². The quantitative estimate of drug-likeness (QED) is 0.454. The molecule has 2 aromatic rings. The zero-order valence-electron chi connectivity index (χ0n) is 24.0. The molecule has 1 atom stereocenters. The summed E-state index contributed by atoms with van der Waals surface area (Å²) in [4.78, 5) is 33.4. The first-order chi connectivity index (χ1) is 19.6. The highest BCUT2D eigenvalue weighted by atomic mass is 16.2. The lowest BCUT2D eigenvalue weighted by molar-refractivity contribution is -0.128. The number of imidazole rings is 1. The summed E-state index contributed by atoms with van der Waals surface area (Å²) in [5.41, 5.74) is 6.54. The predicted octanol–water partition coefficient (Wildman–Crippen LogP) is 5.03. The molecule has 0 saturated carbocycles. The lowest BCUT2D eigenvalue weighted by Crippen LogP contribution is -2.49. The number of rotatable bonds is 9. The zero-order chi connectivity index (χ0) is 27.9. The number of carbonyl (C=O) groups excluding carboxylic acids is 1. The predicted molar refractivity (Wildman–Crippen MR) is 162 cm³/mol. The summed E-state index contributed by atoms with van der Waals surface area (Å²) in [7, 11) is 2.16. The molecule has 2 aromatic heterocycles. The van der Waals surface area contributed by atoms with Crippen molar-refractivity contribution >= 4 is 12.0 Å². The number of pyridine rings is 1. The molecule has 3 heterocycles. The number of aromatic amines is 1. The summed E-state index contributed by atoms with van der Waals surface area (Å²) < 4.78 is 0. The van der Waals surface area contributed by atoms with Gasteiger partial charge in [0.05, 0.1) is 24.0 Å². The number of hydrogen-bond donors (Lipinski definition) is 1. The van der Waals surface area contributed by atoms with Gasteiger partial charge in [0, 0.05) is 56.6 Å². The zero-order valence-corrected chi connectivity index (χ0v) is 24.0. The fourth-order valence-electron chi connectivity index (χ4n) is 5.98. The number of nitrogens with zero attached hydrogens (tertiary/aromatic N) is 5. The van der Waals surface area contributed by atoms with Gasteiger partial charge in [0.1, 0.15) is 5.82 Å². The van der Waals surface area contributed by atoms with Gasteiger partial charge in [-0.2, -0.15) is 0 Å². The van der Waals surface area contributed by atoms with Gasteiger partial charge in [-0.05, 0) is 57.4 Å². The highest BCUT2D eigenvalue weighted by molar-refractivity contribution is 6.00. The van der Waals surface area contributed by atoms with Gasteiger partial charge in [-0.15, -0.1) is 0 Å². The average Bonchev–Trinajstić information content (AvgIpc) is 3.25. The lowest BCUT2D eigenvalue weighted by Gasteiger charge is -2.35. The summed E-state index contributed by atoms with van der Waals surface area (Å²) >= 11 is 0. The fourth-order valence-corrected chi connectivity index (χ4v) is 5.98. The van der Waals surface area contributed by atoms with Crippen molar-refractivity contribution in [2.75, 3.05) is 39.8 Å². The third-order valence-electron chi connectivity index (χ3n) is 8.31. The molecule has 0 bridgehead atoms. The minimum atomic E-state index is 0.0957. The summed E-state index contributed by atoms with van der Waals surface area (Å²) in [5, 5.41) is 0. The van der Waals surface area contributed by atoms with E-state index in [-0.39, 0.29) is 5.91 Å². The topological polar surface area (TPSA) is 68.4 Å². The van der Waals surface area contributed by atoms with Crippen LogP contribution in [0.2, 0.25) is 0 Å². The van der Waals surface area contributed by atoms with Crippen LogP contribution in [-0.2, 0) is 24.2 Å². The molecule has 0 radical (unpaired) electrons. The molecule has 5 rings (SSSR count). The van der Waals surface area contributed by atoms with Gasteiger partial charge in [0.25, 0.3) is 5.91 Å². The lowest BCUT2D eigenvalue weighted by atomic mass is 9.91. The number of allylic oxidation sites excluding steroid dienone is 5. The van der Waals surface area contributed by atoms with Crippen molar-refractivity contribution < 1.29 is 4.79 Å². The second-order valence-corrected chi connectivity index (χ2v) is 11.0. The molecule has 40 heavy (non-hydrogen) atoms. The highest BCUT2D eigenvalue weighted by Gasteiger charge is 2.27. The summed E-state index contributed by atoms with van der Waals surface area (Å²) in [6, 6.07) is 4.54. The molecule has 210 valence electrons. The standard InChI is InChI=1S/C33H42N6O/c1-4-6-10-25(5-2)16-18-38-19-21-39(22-20-38)33(40)27-12-7-14-28-29(23-27)36-31(35-28)24-37(3)30-15-8-11-26-13-9-17-34-32(26)30/h4-7,9-10,12-13,17,23,30H,1,8,11,14-16,18-22,24H2,2-3H3,(H,35,36)/b10-6-,25-5+. The normalized spacial score (nSPS) is 19.9. The molecule has 0 aromatic carbocycles. The van der Waals surface area contributed by atoms with Crippen molar-refractivity contribution in [1.29, 1.82) is 0 Å². The first-order valence-electron chi connectivity index (χ1n) is 14.6. The number of aryl methyl sites for hydroxylation is 1. The Morgan fingerprint density at radius 2 is 2.12 bits per heavy atom. The molecule has 1 saturated heterocycles. The minimum Gasteiger partial charge on any atom is -0.344 e. The molecule has 3 aliphatic rings. The van der Waals surface area contributed by atoms with Crippen molar-refractivity contribution in [2.45, 2.75) is 51.6 Å². The maximum Gasteiger partial charge on any atom is 0.254 e. The van der Waals surface area contributed by atoms with Gasteiger partial charge in [0.2, 0.25) is 0 Å². The fraction of sp³-hybridized carbons (Fsp3) is 0.424. The van der Waals surface area contributed by atoms with Crippen molar-refractivity contribution in [3.63, 3.8) is 0 Å². The molecule has 7 heteroatoms. The number of carbonyl (C=O) groups is 1. The van der Waals surface area contributed by atoms with Crippen molar-refractivity contribution in [3.8, 4) is 0 Å². The Bertz CT molecular complexity index is 1320. The van der Waals surface area contributed by atoms with Crippen LogP contribution in [0.4, 0.5) is 0 Å². The number of H-pyrrole nitrogens is 1. The number of nitrogens with one attached hydrogen (secondary N) is 1. The van der Waals surface area contributed by atoms with E-state index < -0.39 is 0 Å². The van der Waals surface area contributed by atoms with Crippen LogP contribution in [0.25, 0.3) is 6.08 Å². The Balaban J connectivity index is 1.19. The summed E-state index contributed by atoms with van der Waals surface area (Å²) in [6.45, 7) is 10.8. The van der Waals surface area contributed by atoms with Crippen molar-refractivity contribution in [1.82, 2.24) is 29.7 Å². The van der Waals surface area contributed by atoms with Crippen LogP contribution in [0.1, 0.15) is 60.7 Å². The smallest absolute Gasteiger partial charge is 0.254 e. The van der Waals surface area contributed by atoms with E-state index in [1.807, 2.05) is 41.5 Å². The number of fused-ring (bicyclic) bond motifs is 2. The highest BCUT2D eigenvalue weighted by Crippen LogP contribution is 2.32. The number of piperazine rings is 1. The van der Waals surface area contributed by atoms with E-state index in [4.69, 9.17) is 9.97 Å². The Morgan fingerprint density at radius 3 is 2.92 bits per heavy atom. The molecule has 1 fully saturated rings. The van der Waals surface area contributed by atoms with E-state index in [1.54, 1.807) is 0 Å². The Kier molecular flexibility index (Phi) is 9.24. The average molecular weight is 539 g/mol. The van der Waals surface area contributed by atoms with Crippen LogP contribution in [0, 0.1) is 0 Å². The molecule has 1 N–H and O–H groups in total. The van der Waals surface area contributed by atoms with Gasteiger partial charge in [-0.1, -0.05) is 54.7 Å². The van der Waals surface area contributed by atoms with E-state index in [0.29, 0.717) is 6.04 Å². The van der Waals surface area contributed by atoms with Crippen LogP contribution in [0.3, 0.4) is 0 Å². The van der Waals surface area contributed by atoms with Crippen molar-refractivity contribution in [3.05, 3.63) is 101 Å². The largest absolute Gasteiger partial charge is 0.344 e. The summed E-state index contributed by atoms with van der Waals surface area (Å²) in [5.74, 6) is 1.03. The molecule has 1 amide bonds. The van der Waals surface area contributed by atoms with Crippen LogP contribution in [0.15, 0.2) is 72.5 Å². The molecular formula is C33H42N6O. The van der Waals surface area contributed by atoms with Crippen LogP contribution in [-0.4, -0.2) is 75.3 Å². The van der Waals surface area contributed by atoms with Gasteiger partial charge in [0.15, 0.2) is 0 Å². The first kappa shape index (κ1) is 28.0. The Labute approximate surface area is 238 Å². The van der Waals surface area contributed by atoms with Crippen LogP contribution in [0.5, 0.6) is 0 Å². The number of hydrogen-bond acceptors (Lipinski definition) is 5. The van der Waals surface area contributed by atoms with Crippen LogP contribution >= 0.6 is 0 Å². The first-order valence-corrected chi connectivity index (χ1v) is 14.6. The van der Waals surface area contributed by atoms with Crippen molar-refractivity contribution in [2.24, 2.45) is 0 Å². The van der Waals surface area contributed by atoms with E-state index in [1.165, 1.54) is 23.3 Å². The maximum absolute atomic E-state index is 13.5. The second kappa shape index (κ2) is 13.2. The third kappa shape index (κ3) is 6.60. The SMILES string of the molecule is C=C/C=C\C(=C/C)CCN1CCN(C(=O)C2=Cc3nc(CN(C)C4CCCc5cccnc54)[nH]c3CC=C2)CC1.